The second-order valence-corrected chi connectivity index (χ2v) is 5.02. The molecule has 1 N–H and O–H groups in total. The van der Waals surface area contributed by atoms with Gasteiger partial charge >= 0.3 is 0 Å². The van der Waals surface area contributed by atoms with Gasteiger partial charge in [0, 0.05) is 12.1 Å². The Labute approximate surface area is 118 Å². The summed E-state index contributed by atoms with van der Waals surface area (Å²) in [6.45, 7) is 3.80. The van der Waals surface area contributed by atoms with Crippen LogP contribution in [0.5, 0.6) is 0 Å². The molecule has 0 heterocycles. The molecule has 2 rings (SSSR count). The van der Waals surface area contributed by atoms with Crippen LogP contribution in [0.4, 0.5) is 10.1 Å². The van der Waals surface area contributed by atoms with E-state index in [1.807, 2.05) is 37.3 Å². The van der Waals surface area contributed by atoms with Crippen LogP contribution in [0.15, 0.2) is 48.5 Å². The average molecular weight is 271 g/mol. The minimum Gasteiger partial charge on any atom is -0.326 e. The second-order valence-electron chi connectivity index (χ2n) is 5.02. The van der Waals surface area contributed by atoms with Crippen molar-refractivity contribution in [1.82, 2.24) is 0 Å². The van der Waals surface area contributed by atoms with Crippen molar-refractivity contribution in [1.29, 1.82) is 0 Å². The molecule has 1 amide bonds. The van der Waals surface area contributed by atoms with E-state index in [2.05, 4.69) is 5.32 Å². The summed E-state index contributed by atoms with van der Waals surface area (Å²) in [5.74, 6) is -0.203. The summed E-state index contributed by atoms with van der Waals surface area (Å²) in [6, 6.07) is 14.3. The van der Waals surface area contributed by atoms with Gasteiger partial charge in [0.2, 0.25) is 5.91 Å². The summed E-state index contributed by atoms with van der Waals surface area (Å²) in [4.78, 5) is 12.0. The lowest BCUT2D eigenvalue weighted by atomic mass is 9.97. The molecule has 20 heavy (non-hydrogen) atoms. The SMILES string of the molecule is Cc1cc(F)ccc1NC(=O)C[C@@H](C)c1ccccc1. The van der Waals surface area contributed by atoms with Crippen molar-refractivity contribution in [3.05, 3.63) is 65.5 Å². The Morgan fingerprint density at radius 1 is 1.20 bits per heavy atom. The summed E-state index contributed by atoms with van der Waals surface area (Å²) < 4.78 is 13.0. The molecule has 0 radical (unpaired) electrons. The van der Waals surface area contributed by atoms with Crippen molar-refractivity contribution in [2.75, 3.05) is 5.32 Å². The van der Waals surface area contributed by atoms with Crippen LogP contribution in [-0.2, 0) is 4.79 Å². The van der Waals surface area contributed by atoms with Crippen molar-refractivity contribution in [2.24, 2.45) is 0 Å². The number of aryl methyl sites for hydroxylation is 1. The zero-order valence-corrected chi connectivity index (χ0v) is 11.7. The molecule has 0 aliphatic heterocycles. The molecule has 0 aliphatic carbocycles. The predicted octanol–water partition coefficient (Wildman–Crippen LogP) is 4.27. The number of carbonyl (C=O) groups is 1. The van der Waals surface area contributed by atoms with E-state index in [0.717, 1.165) is 11.1 Å². The number of hydrogen-bond acceptors (Lipinski definition) is 1. The van der Waals surface area contributed by atoms with Crippen LogP contribution in [-0.4, -0.2) is 5.91 Å². The highest BCUT2D eigenvalue weighted by Gasteiger charge is 2.12. The van der Waals surface area contributed by atoms with Gasteiger partial charge < -0.3 is 5.32 Å². The van der Waals surface area contributed by atoms with E-state index < -0.39 is 0 Å². The molecule has 0 aromatic heterocycles. The third-order valence-electron chi connectivity index (χ3n) is 3.32. The Morgan fingerprint density at radius 3 is 2.55 bits per heavy atom. The van der Waals surface area contributed by atoms with E-state index in [0.29, 0.717) is 12.1 Å². The van der Waals surface area contributed by atoms with Gasteiger partial charge in [0.15, 0.2) is 0 Å². The fourth-order valence-electron chi connectivity index (χ4n) is 2.15. The van der Waals surface area contributed by atoms with E-state index in [1.165, 1.54) is 12.1 Å². The normalized spacial score (nSPS) is 11.9. The molecule has 0 spiro atoms. The van der Waals surface area contributed by atoms with Gasteiger partial charge in [-0.15, -0.1) is 0 Å². The lowest BCUT2D eigenvalue weighted by Gasteiger charge is -2.13. The van der Waals surface area contributed by atoms with E-state index >= 15 is 0 Å². The summed E-state index contributed by atoms with van der Waals surface area (Å²) >= 11 is 0. The summed E-state index contributed by atoms with van der Waals surface area (Å²) in [5, 5.41) is 2.83. The van der Waals surface area contributed by atoms with Gasteiger partial charge in [-0.25, -0.2) is 4.39 Å². The topological polar surface area (TPSA) is 29.1 Å². The standard InChI is InChI=1S/C17H18FNO/c1-12(14-6-4-3-5-7-14)11-17(20)19-16-9-8-15(18)10-13(16)2/h3-10,12H,11H2,1-2H3,(H,19,20)/t12-/m1/s1. The highest BCUT2D eigenvalue weighted by atomic mass is 19.1. The average Bonchev–Trinajstić information content (AvgIpc) is 2.43. The zero-order valence-electron chi connectivity index (χ0n) is 11.7. The molecule has 104 valence electrons. The monoisotopic (exact) mass is 271 g/mol. The van der Waals surface area contributed by atoms with Crippen LogP contribution in [0.2, 0.25) is 0 Å². The summed E-state index contributed by atoms with van der Waals surface area (Å²) in [6.07, 6.45) is 0.404. The highest BCUT2D eigenvalue weighted by molar-refractivity contribution is 5.91. The van der Waals surface area contributed by atoms with E-state index in [1.54, 1.807) is 13.0 Å². The summed E-state index contributed by atoms with van der Waals surface area (Å²) in [7, 11) is 0. The number of carbonyl (C=O) groups excluding carboxylic acids is 1. The van der Waals surface area contributed by atoms with Gasteiger partial charge in [0.05, 0.1) is 0 Å². The van der Waals surface area contributed by atoms with Gasteiger partial charge in [-0.3, -0.25) is 4.79 Å². The van der Waals surface area contributed by atoms with Crippen LogP contribution >= 0.6 is 0 Å². The molecule has 2 aromatic carbocycles. The molecule has 1 atom stereocenters. The number of hydrogen-bond donors (Lipinski definition) is 1. The molecular weight excluding hydrogens is 253 g/mol. The predicted molar refractivity (Wildman–Crippen MR) is 79.2 cm³/mol. The molecule has 0 saturated heterocycles. The molecule has 2 nitrogen and oxygen atoms in total. The first-order valence-electron chi connectivity index (χ1n) is 6.67. The lowest BCUT2D eigenvalue weighted by Crippen LogP contribution is -2.15. The van der Waals surface area contributed by atoms with Gasteiger partial charge in [0.25, 0.3) is 0 Å². The fourth-order valence-corrected chi connectivity index (χ4v) is 2.15. The summed E-state index contributed by atoms with van der Waals surface area (Å²) in [5.41, 5.74) is 2.53. The first kappa shape index (κ1) is 14.3. The molecule has 0 saturated carbocycles. The molecule has 0 bridgehead atoms. The quantitative estimate of drug-likeness (QED) is 0.884. The number of rotatable bonds is 4. The first-order chi connectivity index (χ1) is 9.56. The van der Waals surface area contributed by atoms with Gasteiger partial charge in [-0.2, -0.15) is 0 Å². The third kappa shape index (κ3) is 3.67. The number of benzene rings is 2. The molecule has 0 unspecified atom stereocenters. The third-order valence-corrected chi connectivity index (χ3v) is 3.32. The molecule has 0 aliphatic rings. The number of halogens is 1. The van der Waals surface area contributed by atoms with Crippen molar-refractivity contribution in [3.8, 4) is 0 Å². The Hall–Kier alpha value is -2.16. The Bertz CT molecular complexity index is 595. The minimum absolute atomic E-state index is 0.0592. The second kappa shape index (κ2) is 6.33. The smallest absolute Gasteiger partial charge is 0.224 e. The number of nitrogens with one attached hydrogen (secondary N) is 1. The molecule has 2 aromatic rings. The highest BCUT2D eigenvalue weighted by Crippen LogP contribution is 2.21. The lowest BCUT2D eigenvalue weighted by molar-refractivity contribution is -0.116. The number of amides is 1. The minimum atomic E-state index is -0.293. The van der Waals surface area contributed by atoms with Gasteiger partial charge in [-0.1, -0.05) is 37.3 Å². The molecule has 0 fully saturated rings. The van der Waals surface area contributed by atoms with Crippen molar-refractivity contribution >= 4 is 11.6 Å². The van der Waals surface area contributed by atoms with Crippen LogP contribution in [0.3, 0.4) is 0 Å². The Morgan fingerprint density at radius 2 is 1.90 bits per heavy atom. The Balaban J connectivity index is 1.99. The van der Waals surface area contributed by atoms with Crippen molar-refractivity contribution in [3.63, 3.8) is 0 Å². The van der Waals surface area contributed by atoms with Gasteiger partial charge in [-0.05, 0) is 42.2 Å². The molecule has 3 heteroatoms. The fraction of sp³-hybridized carbons (Fsp3) is 0.235. The largest absolute Gasteiger partial charge is 0.326 e. The molecular formula is C17H18FNO. The zero-order chi connectivity index (χ0) is 14.5. The van der Waals surface area contributed by atoms with Crippen LogP contribution in [0.1, 0.15) is 30.4 Å². The van der Waals surface area contributed by atoms with Crippen LogP contribution in [0, 0.1) is 12.7 Å². The maximum Gasteiger partial charge on any atom is 0.224 e. The first-order valence-corrected chi connectivity index (χ1v) is 6.67. The van der Waals surface area contributed by atoms with Gasteiger partial charge in [0.1, 0.15) is 5.82 Å². The van der Waals surface area contributed by atoms with Crippen molar-refractivity contribution < 1.29 is 9.18 Å². The van der Waals surface area contributed by atoms with E-state index in [4.69, 9.17) is 0 Å². The maximum absolute atomic E-state index is 13.0. The van der Waals surface area contributed by atoms with Crippen LogP contribution in [0.25, 0.3) is 0 Å². The maximum atomic E-state index is 13.0. The van der Waals surface area contributed by atoms with E-state index in [9.17, 15) is 9.18 Å². The Kier molecular flexibility index (Phi) is 4.51. The van der Waals surface area contributed by atoms with Crippen LogP contribution < -0.4 is 5.32 Å². The van der Waals surface area contributed by atoms with Crippen molar-refractivity contribution in [2.45, 2.75) is 26.2 Å². The van der Waals surface area contributed by atoms with E-state index in [-0.39, 0.29) is 17.6 Å². The number of anilines is 1.